The lowest BCUT2D eigenvalue weighted by Gasteiger charge is -2.03. The van der Waals surface area contributed by atoms with Crippen molar-refractivity contribution in [2.75, 3.05) is 0 Å². The molecule has 0 radical (unpaired) electrons. The van der Waals surface area contributed by atoms with Gasteiger partial charge < -0.3 is 0 Å². The van der Waals surface area contributed by atoms with Crippen LogP contribution in [-0.4, -0.2) is 10.2 Å². The molecule has 0 aliphatic rings. The minimum atomic E-state index is -0.201. The minimum Gasteiger partial charge on any atom is -0.267 e. The smallest absolute Gasteiger partial charge is 0.267 e. The maximum Gasteiger partial charge on any atom is 0.271 e. The van der Waals surface area contributed by atoms with Crippen LogP contribution in [0.1, 0.15) is 18.1 Å². The van der Waals surface area contributed by atoms with Crippen LogP contribution in [0.25, 0.3) is 16.8 Å². The monoisotopic (exact) mass is 226 g/mol. The van der Waals surface area contributed by atoms with Crippen LogP contribution in [0.15, 0.2) is 41.7 Å². The Balaban J connectivity index is 2.53. The second-order valence-corrected chi connectivity index (χ2v) is 4.14. The lowest BCUT2D eigenvalue weighted by molar-refractivity contribution is 0.987. The van der Waals surface area contributed by atoms with Crippen LogP contribution >= 0.6 is 0 Å². The number of hydrogen-bond donors (Lipinski definition) is 1. The average molecular weight is 226 g/mol. The zero-order valence-electron chi connectivity index (χ0n) is 9.95. The molecule has 0 bridgehead atoms. The number of H-pyrrole nitrogens is 1. The predicted octanol–water partition coefficient (Wildman–Crippen LogP) is 2.78. The second kappa shape index (κ2) is 4.37. The van der Waals surface area contributed by atoms with Gasteiger partial charge in [-0.3, -0.25) is 4.79 Å². The van der Waals surface area contributed by atoms with E-state index in [0.29, 0.717) is 5.56 Å². The molecule has 0 spiro atoms. The molecule has 0 unspecified atom stereocenters. The third-order valence-corrected chi connectivity index (χ3v) is 2.61. The maximum absolute atomic E-state index is 11.5. The van der Waals surface area contributed by atoms with Crippen LogP contribution in [0.4, 0.5) is 0 Å². The molecule has 1 aromatic carbocycles. The summed E-state index contributed by atoms with van der Waals surface area (Å²) >= 11 is 0. The summed E-state index contributed by atoms with van der Waals surface area (Å²) in [5, 5.41) is 6.54. The van der Waals surface area contributed by atoms with Gasteiger partial charge in [0, 0.05) is 11.1 Å². The van der Waals surface area contributed by atoms with Crippen molar-refractivity contribution in [3.05, 3.63) is 58.4 Å². The zero-order valence-corrected chi connectivity index (χ0v) is 9.95. The molecule has 86 valence electrons. The number of benzene rings is 1. The van der Waals surface area contributed by atoms with Crippen molar-refractivity contribution in [2.45, 2.75) is 13.8 Å². The summed E-state index contributed by atoms with van der Waals surface area (Å²) in [6.45, 7) is 7.63. The summed E-state index contributed by atoms with van der Waals surface area (Å²) in [7, 11) is 0. The first-order valence-electron chi connectivity index (χ1n) is 5.40. The third kappa shape index (κ3) is 2.33. The molecular weight excluding hydrogens is 212 g/mol. The summed E-state index contributed by atoms with van der Waals surface area (Å²) in [5.74, 6) is 0. The molecular formula is C14H14N2O. The first-order valence-corrected chi connectivity index (χ1v) is 5.40. The fraction of sp³-hybridized carbons (Fsp3) is 0.143. The van der Waals surface area contributed by atoms with E-state index in [-0.39, 0.29) is 5.56 Å². The van der Waals surface area contributed by atoms with E-state index in [1.165, 1.54) is 5.56 Å². The molecule has 3 heteroatoms. The Bertz CT molecular complexity index is 609. The zero-order chi connectivity index (χ0) is 12.4. The van der Waals surface area contributed by atoms with E-state index in [9.17, 15) is 4.79 Å². The molecule has 17 heavy (non-hydrogen) atoms. The van der Waals surface area contributed by atoms with Gasteiger partial charge in [-0.1, -0.05) is 36.4 Å². The number of aromatic nitrogens is 2. The third-order valence-electron chi connectivity index (χ3n) is 2.61. The molecule has 3 nitrogen and oxygen atoms in total. The number of rotatable bonds is 2. The first-order chi connectivity index (χ1) is 8.08. The van der Waals surface area contributed by atoms with Crippen LogP contribution in [0.3, 0.4) is 0 Å². The fourth-order valence-corrected chi connectivity index (χ4v) is 1.59. The SMILES string of the molecule is C=C(C)c1cc(-c2ccc(C)cc2)n[nH]c1=O. The van der Waals surface area contributed by atoms with Crippen molar-refractivity contribution in [3.63, 3.8) is 0 Å². The van der Waals surface area contributed by atoms with E-state index in [0.717, 1.165) is 16.8 Å². The van der Waals surface area contributed by atoms with E-state index in [4.69, 9.17) is 0 Å². The van der Waals surface area contributed by atoms with Crippen LogP contribution in [0.2, 0.25) is 0 Å². The Morgan fingerprint density at radius 1 is 1.29 bits per heavy atom. The molecule has 0 saturated carbocycles. The molecule has 0 aliphatic heterocycles. The number of aryl methyl sites for hydroxylation is 1. The average Bonchev–Trinajstić information content (AvgIpc) is 2.30. The fourth-order valence-electron chi connectivity index (χ4n) is 1.59. The summed E-state index contributed by atoms with van der Waals surface area (Å²) in [6.07, 6.45) is 0. The first kappa shape index (κ1) is 11.3. The van der Waals surface area contributed by atoms with Crippen molar-refractivity contribution in [2.24, 2.45) is 0 Å². The Morgan fingerprint density at radius 3 is 2.53 bits per heavy atom. The standard InChI is InChI=1S/C14H14N2O/c1-9(2)12-8-13(15-16-14(12)17)11-6-4-10(3)5-7-11/h4-8H,1H2,2-3H3,(H,16,17). The minimum absolute atomic E-state index is 0.201. The van der Waals surface area contributed by atoms with Gasteiger partial charge in [-0.2, -0.15) is 5.10 Å². The van der Waals surface area contributed by atoms with Crippen LogP contribution < -0.4 is 5.56 Å². The maximum atomic E-state index is 11.5. The van der Waals surface area contributed by atoms with Crippen LogP contribution in [-0.2, 0) is 0 Å². The van der Waals surface area contributed by atoms with Gasteiger partial charge in [0.2, 0.25) is 0 Å². The van der Waals surface area contributed by atoms with E-state index >= 15 is 0 Å². The van der Waals surface area contributed by atoms with Crippen molar-refractivity contribution in [1.29, 1.82) is 0 Å². The number of aromatic amines is 1. The summed E-state index contributed by atoms with van der Waals surface area (Å²) in [6, 6.07) is 9.77. The Hall–Kier alpha value is -2.16. The number of nitrogens with zero attached hydrogens (tertiary/aromatic N) is 1. The highest BCUT2D eigenvalue weighted by molar-refractivity contribution is 5.67. The lowest BCUT2D eigenvalue weighted by atomic mass is 10.1. The van der Waals surface area contributed by atoms with Gasteiger partial charge in [0.05, 0.1) is 5.69 Å². The summed E-state index contributed by atoms with van der Waals surface area (Å²) in [5.41, 5.74) is 4.04. The number of nitrogens with one attached hydrogen (secondary N) is 1. The highest BCUT2D eigenvalue weighted by Gasteiger charge is 2.05. The van der Waals surface area contributed by atoms with Crippen molar-refractivity contribution >= 4 is 5.57 Å². The molecule has 2 aromatic rings. The largest absolute Gasteiger partial charge is 0.271 e. The molecule has 1 N–H and O–H groups in total. The number of hydrogen-bond acceptors (Lipinski definition) is 2. The van der Waals surface area contributed by atoms with E-state index < -0.39 is 0 Å². The van der Waals surface area contributed by atoms with Gasteiger partial charge in [0.25, 0.3) is 5.56 Å². The van der Waals surface area contributed by atoms with E-state index in [2.05, 4.69) is 16.8 Å². The van der Waals surface area contributed by atoms with E-state index in [1.54, 1.807) is 6.07 Å². The molecule has 0 aliphatic carbocycles. The molecule has 1 heterocycles. The normalized spacial score (nSPS) is 10.2. The number of allylic oxidation sites excluding steroid dienone is 1. The Kier molecular flexibility index (Phi) is 2.91. The van der Waals surface area contributed by atoms with Crippen LogP contribution in [0.5, 0.6) is 0 Å². The molecule has 0 amide bonds. The van der Waals surface area contributed by atoms with Gasteiger partial charge in [-0.15, -0.1) is 0 Å². The molecule has 0 saturated heterocycles. The van der Waals surface area contributed by atoms with Gasteiger partial charge in [-0.05, 0) is 25.5 Å². The van der Waals surface area contributed by atoms with Gasteiger partial charge in [0.1, 0.15) is 0 Å². The van der Waals surface area contributed by atoms with Crippen molar-refractivity contribution in [3.8, 4) is 11.3 Å². The highest BCUT2D eigenvalue weighted by Crippen LogP contribution is 2.18. The lowest BCUT2D eigenvalue weighted by Crippen LogP contribution is -2.13. The Labute approximate surface area is 99.8 Å². The molecule has 2 rings (SSSR count). The van der Waals surface area contributed by atoms with Gasteiger partial charge >= 0.3 is 0 Å². The topological polar surface area (TPSA) is 45.8 Å². The molecule has 1 aromatic heterocycles. The molecule has 0 fully saturated rings. The van der Waals surface area contributed by atoms with Gasteiger partial charge in [-0.25, -0.2) is 5.10 Å². The van der Waals surface area contributed by atoms with Crippen LogP contribution in [0, 0.1) is 6.92 Å². The summed E-state index contributed by atoms with van der Waals surface area (Å²) in [4.78, 5) is 11.5. The second-order valence-electron chi connectivity index (χ2n) is 4.14. The quantitative estimate of drug-likeness (QED) is 0.855. The summed E-state index contributed by atoms with van der Waals surface area (Å²) < 4.78 is 0. The van der Waals surface area contributed by atoms with E-state index in [1.807, 2.05) is 38.1 Å². The van der Waals surface area contributed by atoms with Crippen molar-refractivity contribution < 1.29 is 0 Å². The highest BCUT2D eigenvalue weighted by atomic mass is 16.1. The van der Waals surface area contributed by atoms with Gasteiger partial charge in [0.15, 0.2) is 0 Å². The molecule has 0 atom stereocenters. The van der Waals surface area contributed by atoms with Crippen molar-refractivity contribution in [1.82, 2.24) is 10.2 Å². The Morgan fingerprint density at radius 2 is 1.94 bits per heavy atom. The predicted molar refractivity (Wildman–Crippen MR) is 69.7 cm³/mol.